The normalized spacial score (nSPS) is 18.1. The van der Waals surface area contributed by atoms with Gasteiger partial charge in [-0.05, 0) is 61.7 Å². The summed E-state index contributed by atoms with van der Waals surface area (Å²) >= 11 is 0. The molecule has 0 spiro atoms. The molecule has 1 fully saturated rings. The molecule has 2 aromatic carbocycles. The summed E-state index contributed by atoms with van der Waals surface area (Å²) in [5, 5.41) is 14.6. The van der Waals surface area contributed by atoms with Crippen LogP contribution in [0.5, 0.6) is 0 Å². The third kappa shape index (κ3) is 4.04. The molecule has 2 N–H and O–H groups in total. The summed E-state index contributed by atoms with van der Waals surface area (Å²) < 4.78 is 0. The Balaban J connectivity index is 1.58. The minimum Gasteiger partial charge on any atom is -0.326 e. The number of benzene rings is 2. The summed E-state index contributed by atoms with van der Waals surface area (Å²) in [6.45, 7) is 3.96. The minimum absolute atomic E-state index is 0.129. The predicted molar refractivity (Wildman–Crippen MR) is 95.9 cm³/mol. The van der Waals surface area contributed by atoms with E-state index < -0.39 is 0 Å². The molecule has 2 unspecified atom stereocenters. The number of carbonyl (C=O) groups is 2. The summed E-state index contributed by atoms with van der Waals surface area (Å²) in [4.78, 5) is 24.6. The first-order valence-electron chi connectivity index (χ1n) is 8.16. The number of amides is 2. The number of hydrogen-bond donors (Lipinski definition) is 2. The molecule has 0 radical (unpaired) electrons. The van der Waals surface area contributed by atoms with Crippen LogP contribution in [0.15, 0.2) is 42.5 Å². The first-order valence-corrected chi connectivity index (χ1v) is 8.16. The van der Waals surface area contributed by atoms with Crippen LogP contribution < -0.4 is 10.6 Å². The van der Waals surface area contributed by atoms with Crippen molar-refractivity contribution in [1.29, 1.82) is 5.26 Å². The third-order valence-corrected chi connectivity index (χ3v) is 4.21. The van der Waals surface area contributed by atoms with E-state index in [9.17, 15) is 9.59 Å². The molecule has 2 aromatic rings. The van der Waals surface area contributed by atoms with Crippen LogP contribution in [-0.2, 0) is 9.59 Å². The highest BCUT2D eigenvalue weighted by atomic mass is 16.2. The number of nitrogens with zero attached hydrogens (tertiary/aromatic N) is 1. The van der Waals surface area contributed by atoms with Crippen molar-refractivity contribution in [2.75, 3.05) is 10.6 Å². The van der Waals surface area contributed by atoms with Gasteiger partial charge in [-0.2, -0.15) is 5.26 Å². The van der Waals surface area contributed by atoms with Crippen LogP contribution >= 0.6 is 0 Å². The van der Waals surface area contributed by atoms with E-state index in [0.717, 1.165) is 16.8 Å². The topological polar surface area (TPSA) is 82.0 Å². The molecular weight excluding hydrogens is 314 g/mol. The van der Waals surface area contributed by atoms with Crippen LogP contribution in [0.1, 0.15) is 23.1 Å². The number of nitriles is 1. The lowest BCUT2D eigenvalue weighted by molar-refractivity contribution is -0.122. The average Bonchev–Trinajstić information content (AvgIpc) is 3.35. The van der Waals surface area contributed by atoms with Crippen molar-refractivity contribution in [3.8, 4) is 6.07 Å². The Morgan fingerprint density at radius 2 is 1.56 bits per heavy atom. The number of rotatable bonds is 4. The highest BCUT2D eigenvalue weighted by Gasteiger charge is 2.48. The van der Waals surface area contributed by atoms with Gasteiger partial charge >= 0.3 is 0 Å². The summed E-state index contributed by atoms with van der Waals surface area (Å²) in [5.41, 5.74) is 3.98. The fraction of sp³-hybridized carbons (Fsp3) is 0.250. The molecule has 1 aliphatic rings. The van der Waals surface area contributed by atoms with Crippen molar-refractivity contribution in [1.82, 2.24) is 0 Å². The first-order chi connectivity index (χ1) is 12.0. The number of anilines is 2. The van der Waals surface area contributed by atoms with E-state index in [-0.39, 0.29) is 23.7 Å². The highest BCUT2D eigenvalue weighted by Crippen LogP contribution is 2.40. The second kappa shape index (κ2) is 6.78. The van der Waals surface area contributed by atoms with Gasteiger partial charge in [-0.3, -0.25) is 9.59 Å². The van der Waals surface area contributed by atoms with Crippen molar-refractivity contribution in [2.45, 2.75) is 20.3 Å². The van der Waals surface area contributed by atoms with Gasteiger partial charge in [-0.1, -0.05) is 12.1 Å². The molecule has 0 saturated heterocycles. The monoisotopic (exact) mass is 333 g/mol. The van der Waals surface area contributed by atoms with Crippen LogP contribution in [0.2, 0.25) is 0 Å². The molecule has 1 aliphatic carbocycles. The SMILES string of the molecule is Cc1cc(C)cc(NC(=O)C2CC2C(=O)Nc2cccc(C#N)c2)c1. The second-order valence-corrected chi connectivity index (χ2v) is 6.50. The lowest BCUT2D eigenvalue weighted by atomic mass is 10.1. The molecule has 1 saturated carbocycles. The largest absolute Gasteiger partial charge is 0.326 e. The van der Waals surface area contributed by atoms with Crippen molar-refractivity contribution in [3.05, 3.63) is 59.2 Å². The molecule has 5 nitrogen and oxygen atoms in total. The Bertz CT molecular complexity index is 863. The molecule has 0 aliphatic heterocycles. The van der Waals surface area contributed by atoms with Crippen molar-refractivity contribution in [3.63, 3.8) is 0 Å². The van der Waals surface area contributed by atoms with Gasteiger partial charge in [0.2, 0.25) is 11.8 Å². The summed E-state index contributed by atoms with van der Waals surface area (Å²) in [5.74, 6) is -0.941. The lowest BCUT2D eigenvalue weighted by Gasteiger charge is -2.08. The molecule has 3 rings (SSSR count). The Labute approximate surface area is 146 Å². The van der Waals surface area contributed by atoms with Gasteiger partial charge < -0.3 is 10.6 Å². The standard InChI is InChI=1S/C20H19N3O2/c1-12-6-13(2)8-16(7-12)23-20(25)18-10-17(18)19(24)22-15-5-3-4-14(9-15)11-21/h3-9,17-18H,10H2,1-2H3,(H,22,24)(H,23,25). The van der Waals surface area contributed by atoms with Crippen LogP contribution in [0.25, 0.3) is 0 Å². The quantitative estimate of drug-likeness (QED) is 0.900. The van der Waals surface area contributed by atoms with Gasteiger partial charge in [-0.25, -0.2) is 0 Å². The number of aryl methyl sites for hydroxylation is 2. The summed E-state index contributed by atoms with van der Waals surface area (Å²) in [6.07, 6.45) is 0.542. The number of nitrogens with one attached hydrogen (secondary N) is 2. The molecule has 0 heterocycles. The van der Waals surface area contributed by atoms with Crippen LogP contribution in [0.4, 0.5) is 11.4 Å². The summed E-state index contributed by atoms with van der Waals surface area (Å²) in [6, 6.07) is 14.6. The maximum atomic E-state index is 12.3. The maximum absolute atomic E-state index is 12.3. The molecule has 5 heteroatoms. The maximum Gasteiger partial charge on any atom is 0.228 e. The molecular formula is C20H19N3O2. The van der Waals surface area contributed by atoms with Gasteiger partial charge in [0.25, 0.3) is 0 Å². The Kier molecular flexibility index (Phi) is 4.53. The zero-order valence-electron chi connectivity index (χ0n) is 14.2. The zero-order valence-corrected chi connectivity index (χ0v) is 14.2. The first kappa shape index (κ1) is 16.7. The van der Waals surface area contributed by atoms with E-state index in [0.29, 0.717) is 17.7 Å². The third-order valence-electron chi connectivity index (χ3n) is 4.21. The van der Waals surface area contributed by atoms with Gasteiger partial charge in [-0.15, -0.1) is 0 Å². The van der Waals surface area contributed by atoms with Gasteiger partial charge in [0.15, 0.2) is 0 Å². The van der Waals surface area contributed by atoms with Crippen molar-refractivity contribution >= 4 is 23.2 Å². The van der Waals surface area contributed by atoms with E-state index in [1.807, 2.05) is 38.1 Å². The van der Waals surface area contributed by atoms with Gasteiger partial charge in [0.05, 0.1) is 23.5 Å². The highest BCUT2D eigenvalue weighted by molar-refractivity contribution is 6.03. The van der Waals surface area contributed by atoms with Crippen LogP contribution in [0.3, 0.4) is 0 Å². The predicted octanol–water partition coefficient (Wildman–Crippen LogP) is 3.39. The van der Waals surface area contributed by atoms with E-state index in [1.165, 1.54) is 0 Å². The van der Waals surface area contributed by atoms with E-state index in [1.54, 1.807) is 24.3 Å². The van der Waals surface area contributed by atoms with E-state index >= 15 is 0 Å². The Morgan fingerprint density at radius 3 is 2.16 bits per heavy atom. The van der Waals surface area contributed by atoms with E-state index in [4.69, 9.17) is 5.26 Å². The van der Waals surface area contributed by atoms with Crippen molar-refractivity contribution in [2.24, 2.45) is 11.8 Å². The van der Waals surface area contributed by atoms with E-state index in [2.05, 4.69) is 10.6 Å². The lowest BCUT2D eigenvalue weighted by Crippen LogP contribution is -2.20. The fourth-order valence-electron chi connectivity index (χ4n) is 2.96. The van der Waals surface area contributed by atoms with Crippen LogP contribution in [0, 0.1) is 37.0 Å². The molecule has 0 aromatic heterocycles. The smallest absolute Gasteiger partial charge is 0.228 e. The summed E-state index contributed by atoms with van der Waals surface area (Å²) in [7, 11) is 0. The van der Waals surface area contributed by atoms with Gasteiger partial charge in [0, 0.05) is 11.4 Å². The average molecular weight is 333 g/mol. The number of hydrogen-bond acceptors (Lipinski definition) is 3. The molecule has 126 valence electrons. The second-order valence-electron chi connectivity index (χ2n) is 6.50. The molecule has 25 heavy (non-hydrogen) atoms. The molecule has 0 bridgehead atoms. The zero-order chi connectivity index (χ0) is 18.0. The Hall–Kier alpha value is -3.13. The van der Waals surface area contributed by atoms with Crippen LogP contribution in [-0.4, -0.2) is 11.8 Å². The Morgan fingerprint density at radius 1 is 0.960 bits per heavy atom. The molecule has 2 atom stereocenters. The minimum atomic E-state index is -0.323. The van der Waals surface area contributed by atoms with Crippen molar-refractivity contribution < 1.29 is 9.59 Å². The number of carbonyl (C=O) groups excluding carboxylic acids is 2. The fourth-order valence-corrected chi connectivity index (χ4v) is 2.96. The van der Waals surface area contributed by atoms with Gasteiger partial charge in [0.1, 0.15) is 0 Å². The molecule has 2 amide bonds.